The molecular weight excluding hydrogens is 464 g/mol. The third-order valence-electron chi connectivity index (χ3n) is 7.76. The summed E-state index contributed by atoms with van der Waals surface area (Å²) in [5.74, 6) is -1.03. The van der Waals surface area contributed by atoms with Crippen LogP contribution in [0, 0.1) is 11.3 Å². The molecule has 1 aliphatic heterocycles. The van der Waals surface area contributed by atoms with Crippen LogP contribution >= 0.6 is 0 Å². The van der Waals surface area contributed by atoms with Crippen LogP contribution in [0.4, 0.5) is 0 Å². The minimum Gasteiger partial charge on any atom is -0.391 e. The fourth-order valence-electron chi connectivity index (χ4n) is 5.75. The van der Waals surface area contributed by atoms with E-state index < -0.39 is 23.3 Å². The van der Waals surface area contributed by atoms with Gasteiger partial charge >= 0.3 is 0 Å². The molecule has 4 N–H and O–H groups in total. The molecule has 2 aliphatic rings. The average molecular weight is 511 g/mol. The van der Waals surface area contributed by atoms with Crippen molar-refractivity contribution in [1.82, 2.24) is 15.1 Å². The molecule has 204 valence electrons. The number of carbonyl (C=O) groups is 2. The summed E-state index contributed by atoms with van der Waals surface area (Å²) in [6.45, 7) is 9.81. The van der Waals surface area contributed by atoms with Crippen LogP contribution in [0.1, 0.15) is 51.5 Å². The van der Waals surface area contributed by atoms with Gasteiger partial charge in [0.1, 0.15) is 0 Å². The van der Waals surface area contributed by atoms with E-state index in [-0.39, 0.29) is 12.3 Å². The number of hydrogen-bond donors (Lipinski definition) is 3. The summed E-state index contributed by atoms with van der Waals surface area (Å²) < 4.78 is 0. The van der Waals surface area contributed by atoms with Crippen molar-refractivity contribution < 1.29 is 14.7 Å². The van der Waals surface area contributed by atoms with Gasteiger partial charge in [-0.05, 0) is 57.2 Å². The number of rotatable bonds is 15. The van der Waals surface area contributed by atoms with Gasteiger partial charge in [0.05, 0.1) is 11.5 Å². The minimum absolute atomic E-state index is 0.0460. The molecule has 7 nitrogen and oxygen atoms in total. The zero-order chi connectivity index (χ0) is 26.7. The molecule has 0 saturated carbocycles. The second-order valence-electron chi connectivity index (χ2n) is 10.5. The molecule has 0 radical (unpaired) electrons. The van der Waals surface area contributed by atoms with E-state index >= 15 is 0 Å². The van der Waals surface area contributed by atoms with E-state index in [0.29, 0.717) is 31.6 Å². The van der Waals surface area contributed by atoms with E-state index in [1.165, 1.54) is 12.8 Å². The number of nitrogens with two attached hydrogens (primary N) is 1. The lowest BCUT2D eigenvalue weighted by Gasteiger charge is -2.41. The lowest BCUT2D eigenvalue weighted by molar-refractivity contribution is -0.132. The lowest BCUT2D eigenvalue weighted by atomic mass is 9.64. The zero-order valence-electron chi connectivity index (χ0n) is 22.7. The Morgan fingerprint density at radius 1 is 1.14 bits per heavy atom. The maximum atomic E-state index is 13.5. The van der Waals surface area contributed by atoms with E-state index in [1.807, 2.05) is 47.4 Å². The normalized spacial score (nSPS) is 21.4. The van der Waals surface area contributed by atoms with Gasteiger partial charge < -0.3 is 26.0 Å². The molecule has 1 unspecified atom stereocenters. The minimum atomic E-state index is -1.16. The highest BCUT2D eigenvalue weighted by Gasteiger charge is 2.47. The van der Waals surface area contributed by atoms with Crippen LogP contribution < -0.4 is 11.1 Å². The van der Waals surface area contributed by atoms with Crippen LogP contribution in [0.25, 0.3) is 0 Å². The molecule has 0 bridgehead atoms. The van der Waals surface area contributed by atoms with Crippen LogP contribution in [0.15, 0.2) is 54.1 Å². The van der Waals surface area contributed by atoms with Gasteiger partial charge in [-0.25, -0.2) is 0 Å². The number of carbonyl (C=O) groups excluding carboxylic acids is 2. The second kappa shape index (κ2) is 14.5. The Hall–Kier alpha value is -2.48. The van der Waals surface area contributed by atoms with Gasteiger partial charge in [0.2, 0.25) is 11.8 Å². The SMILES string of the molecule is CCCN(CCC)C(=O)C1=CC=CC(C(N)=O)([C@H](Cc2ccccc2)[C@@H](O)CNCCN2CCCC2)C1. The maximum Gasteiger partial charge on any atom is 0.249 e. The van der Waals surface area contributed by atoms with Crippen LogP contribution in [0.3, 0.4) is 0 Å². The third-order valence-corrected chi connectivity index (χ3v) is 7.76. The van der Waals surface area contributed by atoms with Crippen molar-refractivity contribution in [2.24, 2.45) is 17.1 Å². The lowest BCUT2D eigenvalue weighted by Crippen LogP contribution is -2.51. The predicted octanol–water partition coefficient (Wildman–Crippen LogP) is 2.90. The van der Waals surface area contributed by atoms with Gasteiger partial charge in [-0.3, -0.25) is 9.59 Å². The number of hydrogen-bond acceptors (Lipinski definition) is 5. The Labute approximate surface area is 222 Å². The van der Waals surface area contributed by atoms with E-state index in [1.54, 1.807) is 6.08 Å². The fraction of sp³-hybridized carbons (Fsp3) is 0.600. The molecule has 0 spiro atoms. The number of nitrogens with zero attached hydrogens (tertiary/aromatic N) is 2. The van der Waals surface area contributed by atoms with E-state index in [9.17, 15) is 14.7 Å². The van der Waals surface area contributed by atoms with Gasteiger partial charge in [0, 0.05) is 44.2 Å². The van der Waals surface area contributed by atoms with Crippen molar-refractivity contribution in [3.63, 3.8) is 0 Å². The molecule has 1 fully saturated rings. The van der Waals surface area contributed by atoms with Crippen molar-refractivity contribution in [3.05, 3.63) is 59.7 Å². The Morgan fingerprint density at radius 2 is 1.81 bits per heavy atom. The Balaban J connectivity index is 1.81. The van der Waals surface area contributed by atoms with Crippen molar-refractivity contribution in [2.45, 2.75) is 58.5 Å². The number of likely N-dealkylation sites (tertiary alicyclic amines) is 1. The third kappa shape index (κ3) is 7.76. The molecule has 1 saturated heterocycles. The number of nitrogens with one attached hydrogen (secondary N) is 1. The van der Waals surface area contributed by atoms with Gasteiger partial charge in [0.25, 0.3) is 0 Å². The first-order chi connectivity index (χ1) is 17.9. The highest BCUT2D eigenvalue weighted by molar-refractivity contribution is 5.96. The molecule has 0 aromatic heterocycles. The Morgan fingerprint density at radius 3 is 2.43 bits per heavy atom. The fourth-order valence-corrected chi connectivity index (χ4v) is 5.75. The number of allylic oxidation sites excluding steroid dienone is 2. The largest absolute Gasteiger partial charge is 0.391 e. The van der Waals surface area contributed by atoms with Crippen molar-refractivity contribution >= 4 is 11.8 Å². The molecule has 3 atom stereocenters. The smallest absolute Gasteiger partial charge is 0.249 e. The van der Waals surface area contributed by atoms with Gasteiger partial charge in [0.15, 0.2) is 0 Å². The summed E-state index contributed by atoms with van der Waals surface area (Å²) in [6.07, 6.45) is 9.51. The molecule has 1 aliphatic carbocycles. The number of amides is 2. The zero-order valence-corrected chi connectivity index (χ0v) is 22.7. The summed E-state index contributed by atoms with van der Waals surface area (Å²) in [7, 11) is 0. The maximum absolute atomic E-state index is 13.5. The monoisotopic (exact) mass is 510 g/mol. The highest BCUT2D eigenvalue weighted by Crippen LogP contribution is 2.43. The first kappa shape index (κ1) is 29.1. The summed E-state index contributed by atoms with van der Waals surface area (Å²) >= 11 is 0. The number of benzene rings is 1. The molecule has 7 heteroatoms. The summed E-state index contributed by atoms with van der Waals surface area (Å²) in [4.78, 5) is 30.9. The van der Waals surface area contributed by atoms with Crippen LogP contribution in [-0.2, 0) is 16.0 Å². The molecule has 2 amide bonds. The number of primary amides is 1. The first-order valence-corrected chi connectivity index (χ1v) is 14.0. The van der Waals surface area contributed by atoms with E-state index in [2.05, 4.69) is 24.1 Å². The average Bonchev–Trinajstić information content (AvgIpc) is 3.43. The van der Waals surface area contributed by atoms with E-state index in [0.717, 1.165) is 44.6 Å². The van der Waals surface area contributed by atoms with Gasteiger partial charge in [-0.1, -0.05) is 62.4 Å². The van der Waals surface area contributed by atoms with Crippen LogP contribution in [0.2, 0.25) is 0 Å². The Bertz CT molecular complexity index is 920. The molecule has 37 heavy (non-hydrogen) atoms. The second-order valence-corrected chi connectivity index (χ2v) is 10.5. The highest BCUT2D eigenvalue weighted by atomic mass is 16.3. The summed E-state index contributed by atoms with van der Waals surface area (Å²) in [5, 5.41) is 14.9. The summed E-state index contributed by atoms with van der Waals surface area (Å²) in [5.41, 5.74) is 6.56. The quantitative estimate of drug-likeness (QED) is 0.315. The molecule has 1 aromatic rings. The Kier molecular flexibility index (Phi) is 11.4. The van der Waals surface area contributed by atoms with Crippen molar-refractivity contribution in [3.8, 4) is 0 Å². The molecule has 3 rings (SSSR count). The number of aliphatic hydroxyl groups is 1. The van der Waals surface area contributed by atoms with Crippen LogP contribution in [-0.4, -0.2) is 78.6 Å². The van der Waals surface area contributed by atoms with Gasteiger partial charge in [-0.15, -0.1) is 0 Å². The predicted molar refractivity (Wildman–Crippen MR) is 149 cm³/mol. The van der Waals surface area contributed by atoms with Crippen LogP contribution in [0.5, 0.6) is 0 Å². The standard InChI is InChI=1S/C30H46N4O3/c1-3-16-34(17-4-2)28(36)25-13-10-14-30(22-25,29(31)37)26(21-24-11-6-5-7-12-24)27(35)23-32-15-20-33-18-8-9-19-33/h5-7,10-14,26-27,32,35H,3-4,8-9,15-23H2,1-2H3,(H2,31,37)/t26-,27+,30?/m1/s1. The molecule has 1 heterocycles. The summed E-state index contributed by atoms with van der Waals surface area (Å²) in [6, 6.07) is 9.89. The van der Waals surface area contributed by atoms with Gasteiger partial charge in [-0.2, -0.15) is 0 Å². The van der Waals surface area contributed by atoms with Crippen molar-refractivity contribution in [1.29, 1.82) is 0 Å². The topological polar surface area (TPSA) is 98.9 Å². The molecule has 1 aromatic carbocycles. The first-order valence-electron chi connectivity index (χ1n) is 14.0. The molecular formula is C30H46N4O3. The number of aliphatic hydroxyl groups excluding tert-OH is 1. The van der Waals surface area contributed by atoms with Crippen molar-refractivity contribution in [2.75, 3.05) is 45.8 Å². The van der Waals surface area contributed by atoms with E-state index in [4.69, 9.17) is 5.73 Å².